The molecule has 3 N–H and O–H groups in total. The summed E-state index contributed by atoms with van der Waals surface area (Å²) in [6.45, 7) is 0.000419. The minimum absolute atomic E-state index is 0.0369. The highest BCUT2D eigenvalue weighted by molar-refractivity contribution is 14.1. The van der Waals surface area contributed by atoms with Crippen LogP contribution in [-0.2, 0) is 9.59 Å². The van der Waals surface area contributed by atoms with Crippen LogP contribution in [0.5, 0.6) is 5.75 Å². The third-order valence-electron chi connectivity index (χ3n) is 6.57. The number of aliphatic hydroxyl groups is 2. The van der Waals surface area contributed by atoms with E-state index in [1.54, 1.807) is 6.08 Å². The van der Waals surface area contributed by atoms with Crippen molar-refractivity contribution < 1.29 is 24.5 Å². The fourth-order valence-electron chi connectivity index (χ4n) is 4.77. The summed E-state index contributed by atoms with van der Waals surface area (Å²) in [7, 11) is 0. The molecular weight excluding hydrogens is 523 g/mol. The first-order valence-electron chi connectivity index (χ1n) is 11.5. The Labute approximate surface area is 202 Å². The summed E-state index contributed by atoms with van der Waals surface area (Å²) in [4.78, 5) is 28.0. The molecule has 0 heterocycles. The number of carbonyl (C=O) groups excluding carboxylic acids is 2. The first kappa shape index (κ1) is 23.5. The Bertz CT molecular complexity index is 866. The second-order valence-corrected chi connectivity index (χ2v) is 10.1. The normalized spacial score (nSPS) is 25.8. The number of nitrogens with zero attached hydrogens (tertiary/aromatic N) is 1. The molecule has 1 aromatic carbocycles. The molecule has 0 aromatic heterocycles. The SMILES string of the molecule is O=C(NCCO)C1=CC(Oc2ccccc2I)C(O)C(N(C(=O)C2CC2)C2CCCC2)C1. The van der Waals surface area contributed by atoms with Gasteiger partial charge in [0.05, 0.1) is 16.2 Å². The van der Waals surface area contributed by atoms with Gasteiger partial charge in [-0.3, -0.25) is 9.59 Å². The molecule has 2 amide bonds. The fraction of sp³-hybridized carbons (Fsp3) is 0.583. The van der Waals surface area contributed by atoms with E-state index in [0.29, 0.717) is 11.3 Å². The predicted molar refractivity (Wildman–Crippen MR) is 128 cm³/mol. The minimum Gasteiger partial charge on any atom is -0.482 e. The lowest BCUT2D eigenvalue weighted by Gasteiger charge is -2.43. The Morgan fingerprint density at radius 3 is 2.53 bits per heavy atom. The van der Waals surface area contributed by atoms with E-state index in [1.165, 1.54) is 0 Å². The zero-order chi connectivity index (χ0) is 22.7. The largest absolute Gasteiger partial charge is 0.482 e. The first-order valence-corrected chi connectivity index (χ1v) is 12.6. The second-order valence-electron chi connectivity index (χ2n) is 8.90. The highest BCUT2D eigenvalue weighted by atomic mass is 127. The number of amides is 2. The molecule has 0 bridgehead atoms. The summed E-state index contributed by atoms with van der Waals surface area (Å²) >= 11 is 2.18. The molecule has 0 aliphatic heterocycles. The van der Waals surface area contributed by atoms with Gasteiger partial charge in [-0.2, -0.15) is 0 Å². The van der Waals surface area contributed by atoms with Gasteiger partial charge in [-0.1, -0.05) is 25.0 Å². The zero-order valence-corrected chi connectivity index (χ0v) is 20.2. The predicted octanol–water partition coefficient (Wildman–Crippen LogP) is 2.39. The van der Waals surface area contributed by atoms with Gasteiger partial charge < -0.3 is 25.2 Å². The van der Waals surface area contributed by atoms with E-state index in [0.717, 1.165) is 42.1 Å². The number of nitrogens with one attached hydrogen (secondary N) is 1. The molecule has 7 nitrogen and oxygen atoms in total. The van der Waals surface area contributed by atoms with E-state index in [9.17, 15) is 14.7 Å². The maximum Gasteiger partial charge on any atom is 0.247 e. The van der Waals surface area contributed by atoms with Gasteiger partial charge in [0, 0.05) is 30.5 Å². The summed E-state index contributed by atoms with van der Waals surface area (Å²) in [5, 5.41) is 23.2. The molecule has 3 unspecified atom stereocenters. The molecule has 0 saturated heterocycles. The number of carbonyl (C=O) groups is 2. The smallest absolute Gasteiger partial charge is 0.247 e. The van der Waals surface area contributed by atoms with Crippen molar-refractivity contribution in [2.24, 2.45) is 5.92 Å². The number of aliphatic hydroxyl groups excluding tert-OH is 2. The molecule has 3 aliphatic rings. The Balaban J connectivity index is 1.64. The number of hydrogen-bond donors (Lipinski definition) is 3. The third kappa shape index (κ3) is 5.28. The first-order chi connectivity index (χ1) is 15.5. The van der Waals surface area contributed by atoms with E-state index in [4.69, 9.17) is 9.84 Å². The van der Waals surface area contributed by atoms with Crippen molar-refractivity contribution in [2.45, 2.75) is 69.2 Å². The van der Waals surface area contributed by atoms with Crippen LogP contribution < -0.4 is 10.1 Å². The molecule has 2 fully saturated rings. The molecule has 0 radical (unpaired) electrons. The highest BCUT2D eigenvalue weighted by Crippen LogP contribution is 2.38. The van der Waals surface area contributed by atoms with E-state index in [2.05, 4.69) is 27.9 Å². The monoisotopic (exact) mass is 554 g/mol. The Morgan fingerprint density at radius 2 is 1.88 bits per heavy atom. The average Bonchev–Trinajstić information content (AvgIpc) is 3.51. The molecule has 32 heavy (non-hydrogen) atoms. The molecule has 4 rings (SSSR count). The summed E-state index contributed by atoms with van der Waals surface area (Å²) in [6.07, 6.45) is 6.05. The lowest BCUT2D eigenvalue weighted by molar-refractivity contribution is -0.143. The molecule has 1 aromatic rings. The number of halogens is 1. The van der Waals surface area contributed by atoms with Crippen LogP contribution in [0.25, 0.3) is 0 Å². The van der Waals surface area contributed by atoms with Gasteiger partial charge in [0.25, 0.3) is 0 Å². The summed E-state index contributed by atoms with van der Waals surface area (Å²) in [5.74, 6) is 0.475. The molecule has 3 aliphatic carbocycles. The summed E-state index contributed by atoms with van der Waals surface area (Å²) in [5.41, 5.74) is 0.483. The number of benzene rings is 1. The Kier molecular flexibility index (Phi) is 7.73. The average molecular weight is 554 g/mol. The van der Waals surface area contributed by atoms with Crippen molar-refractivity contribution in [1.29, 1.82) is 0 Å². The number of rotatable bonds is 8. The molecule has 0 spiro atoms. The lowest BCUT2D eigenvalue weighted by atomic mass is 9.87. The van der Waals surface area contributed by atoms with Crippen molar-refractivity contribution in [3.63, 3.8) is 0 Å². The fourth-order valence-corrected chi connectivity index (χ4v) is 5.29. The van der Waals surface area contributed by atoms with Crippen molar-refractivity contribution >= 4 is 34.4 Å². The zero-order valence-electron chi connectivity index (χ0n) is 18.1. The lowest BCUT2D eigenvalue weighted by Crippen LogP contribution is -2.58. The van der Waals surface area contributed by atoms with Crippen molar-refractivity contribution in [1.82, 2.24) is 10.2 Å². The van der Waals surface area contributed by atoms with Crippen LogP contribution in [0.2, 0.25) is 0 Å². The molecule has 8 heteroatoms. The van der Waals surface area contributed by atoms with Crippen LogP contribution in [0.15, 0.2) is 35.9 Å². The molecule has 174 valence electrons. The van der Waals surface area contributed by atoms with Crippen molar-refractivity contribution in [2.75, 3.05) is 13.2 Å². The Morgan fingerprint density at radius 1 is 1.16 bits per heavy atom. The van der Waals surface area contributed by atoms with Crippen molar-refractivity contribution in [3.05, 3.63) is 39.5 Å². The van der Waals surface area contributed by atoms with E-state index < -0.39 is 18.2 Å². The maximum atomic E-state index is 13.3. The maximum absolute atomic E-state index is 13.3. The topological polar surface area (TPSA) is 99.1 Å². The van der Waals surface area contributed by atoms with Crippen LogP contribution in [0.4, 0.5) is 0 Å². The van der Waals surface area contributed by atoms with Gasteiger partial charge in [0.2, 0.25) is 11.8 Å². The summed E-state index contributed by atoms with van der Waals surface area (Å²) < 4.78 is 7.08. The Hall–Kier alpha value is -1.65. The third-order valence-corrected chi connectivity index (χ3v) is 7.46. The van der Waals surface area contributed by atoms with Gasteiger partial charge in [-0.15, -0.1) is 0 Å². The van der Waals surface area contributed by atoms with Gasteiger partial charge in [-0.25, -0.2) is 0 Å². The molecule has 2 saturated carbocycles. The van der Waals surface area contributed by atoms with Crippen LogP contribution in [0.1, 0.15) is 44.9 Å². The van der Waals surface area contributed by atoms with E-state index in [1.807, 2.05) is 29.2 Å². The van der Waals surface area contributed by atoms with Gasteiger partial charge in [-0.05, 0) is 66.5 Å². The highest BCUT2D eigenvalue weighted by Gasteiger charge is 2.46. The van der Waals surface area contributed by atoms with Gasteiger partial charge in [0.15, 0.2) is 0 Å². The number of para-hydroxylation sites is 1. The van der Waals surface area contributed by atoms with Crippen LogP contribution in [0.3, 0.4) is 0 Å². The number of hydrogen-bond acceptors (Lipinski definition) is 5. The summed E-state index contributed by atoms with van der Waals surface area (Å²) in [6, 6.07) is 7.11. The second kappa shape index (κ2) is 10.5. The standard InChI is InChI=1S/C24H31IN2O5/c25-18-7-3-4-8-20(18)32-21-14-16(23(30)26-11-12-28)13-19(22(21)29)27(17-5-1-2-6-17)24(31)15-9-10-15/h3-4,7-8,14-15,17,19,21-22,28-29H,1-2,5-6,9-13H2,(H,26,30). The van der Waals surface area contributed by atoms with Crippen LogP contribution in [0, 0.1) is 9.49 Å². The molecular formula is C24H31IN2O5. The molecule has 3 atom stereocenters. The quantitative estimate of drug-likeness (QED) is 0.429. The number of ether oxygens (including phenoxy) is 1. The van der Waals surface area contributed by atoms with E-state index >= 15 is 0 Å². The van der Waals surface area contributed by atoms with E-state index in [-0.39, 0.29) is 43.3 Å². The van der Waals surface area contributed by atoms with Crippen LogP contribution >= 0.6 is 22.6 Å². The van der Waals surface area contributed by atoms with Gasteiger partial charge in [0.1, 0.15) is 18.0 Å². The minimum atomic E-state index is -0.941. The van der Waals surface area contributed by atoms with Crippen LogP contribution in [-0.4, -0.2) is 64.4 Å². The van der Waals surface area contributed by atoms with Crippen molar-refractivity contribution in [3.8, 4) is 5.75 Å². The van der Waals surface area contributed by atoms with Gasteiger partial charge >= 0.3 is 0 Å².